The number of benzene rings is 2. The second-order valence-corrected chi connectivity index (χ2v) is 9.63. The fourth-order valence-corrected chi connectivity index (χ4v) is 5.67. The van der Waals surface area contributed by atoms with Crippen LogP contribution in [-0.4, -0.2) is 56.9 Å². The maximum atomic E-state index is 13.0. The van der Waals surface area contributed by atoms with Crippen molar-refractivity contribution < 1.29 is 18.6 Å². The quantitative estimate of drug-likeness (QED) is 0.537. The molecule has 0 amide bonds. The van der Waals surface area contributed by atoms with Gasteiger partial charge in [-0.1, -0.05) is 0 Å². The number of thioether (sulfide) groups is 1. The van der Waals surface area contributed by atoms with Gasteiger partial charge in [0.25, 0.3) is 0 Å². The summed E-state index contributed by atoms with van der Waals surface area (Å²) in [4.78, 5) is 4.92. The molecular formula is C25H34FN3O3S. The minimum Gasteiger partial charge on any atom is -0.494 e. The van der Waals surface area contributed by atoms with Crippen LogP contribution in [-0.2, 0) is 5.75 Å². The number of hydrogen-bond acceptors (Lipinski definition) is 7. The molecule has 2 N–H and O–H groups in total. The number of piperidine rings is 1. The highest BCUT2D eigenvalue weighted by atomic mass is 32.2. The molecule has 0 bridgehead atoms. The van der Waals surface area contributed by atoms with Crippen molar-refractivity contribution in [2.24, 2.45) is 5.73 Å². The Hall–Kier alpha value is -2.16. The first-order chi connectivity index (χ1) is 16.1. The zero-order valence-corrected chi connectivity index (χ0v) is 20.3. The maximum absolute atomic E-state index is 13.0. The summed E-state index contributed by atoms with van der Waals surface area (Å²) in [5.74, 6) is 2.89. The SMILES string of the molecule is COc1cc2c(cc1OC)N(C1CCN(CCCCOc3ccc(F)cc3)CC1)C(N)SC2. The van der Waals surface area contributed by atoms with E-state index in [4.69, 9.17) is 19.9 Å². The predicted molar refractivity (Wildman–Crippen MR) is 132 cm³/mol. The molecule has 0 aliphatic carbocycles. The molecular weight excluding hydrogens is 441 g/mol. The van der Waals surface area contributed by atoms with Gasteiger partial charge in [-0.3, -0.25) is 0 Å². The molecule has 0 aromatic heterocycles. The number of ether oxygens (including phenoxy) is 3. The van der Waals surface area contributed by atoms with E-state index in [9.17, 15) is 4.39 Å². The van der Waals surface area contributed by atoms with Crippen LogP contribution in [0.2, 0.25) is 0 Å². The number of likely N-dealkylation sites (tertiary alicyclic amines) is 1. The van der Waals surface area contributed by atoms with Gasteiger partial charge < -0.3 is 29.7 Å². The largest absolute Gasteiger partial charge is 0.494 e. The van der Waals surface area contributed by atoms with E-state index in [0.29, 0.717) is 12.6 Å². The summed E-state index contributed by atoms with van der Waals surface area (Å²) >= 11 is 1.77. The number of halogens is 1. The van der Waals surface area contributed by atoms with Crippen LogP contribution in [0.1, 0.15) is 31.2 Å². The number of unbranched alkanes of at least 4 members (excludes halogenated alkanes) is 1. The molecule has 1 fully saturated rings. The standard InChI is InChI=1S/C25H34FN3O3S/c1-30-23-15-18-17-33-25(27)29(22(18)16-24(23)31-2)20-9-12-28(13-10-20)11-3-4-14-32-21-7-5-19(26)6-8-21/h5-8,15-16,20,25H,3-4,9-14,17,27H2,1-2H3. The summed E-state index contributed by atoms with van der Waals surface area (Å²) in [6.07, 6.45) is 4.26. The van der Waals surface area contributed by atoms with Gasteiger partial charge in [-0.15, -0.1) is 11.8 Å². The van der Waals surface area contributed by atoms with Gasteiger partial charge >= 0.3 is 0 Å². The first kappa shape index (κ1) is 24.0. The van der Waals surface area contributed by atoms with Crippen LogP contribution < -0.4 is 24.8 Å². The Labute approximate surface area is 200 Å². The maximum Gasteiger partial charge on any atom is 0.162 e. The van der Waals surface area contributed by atoms with E-state index in [1.807, 2.05) is 0 Å². The van der Waals surface area contributed by atoms with Crippen LogP contribution in [0.5, 0.6) is 17.2 Å². The van der Waals surface area contributed by atoms with Crippen molar-refractivity contribution in [3.8, 4) is 17.2 Å². The van der Waals surface area contributed by atoms with Gasteiger partial charge in [0.05, 0.1) is 20.8 Å². The summed E-state index contributed by atoms with van der Waals surface area (Å²) in [6, 6.07) is 10.8. The molecule has 2 aromatic rings. The highest BCUT2D eigenvalue weighted by Gasteiger charge is 2.33. The molecule has 0 spiro atoms. The molecule has 8 heteroatoms. The predicted octanol–water partition coefficient (Wildman–Crippen LogP) is 4.46. The average molecular weight is 476 g/mol. The van der Waals surface area contributed by atoms with Crippen LogP contribution >= 0.6 is 11.8 Å². The fraction of sp³-hybridized carbons (Fsp3) is 0.520. The van der Waals surface area contributed by atoms with Gasteiger partial charge in [0.1, 0.15) is 17.1 Å². The molecule has 0 radical (unpaired) electrons. The number of fused-ring (bicyclic) bond motifs is 1. The van der Waals surface area contributed by atoms with Gasteiger partial charge in [-0.2, -0.15) is 0 Å². The Morgan fingerprint density at radius 2 is 1.73 bits per heavy atom. The zero-order valence-electron chi connectivity index (χ0n) is 19.5. The van der Waals surface area contributed by atoms with Crippen LogP contribution in [0.3, 0.4) is 0 Å². The Bertz CT molecular complexity index is 907. The Kier molecular flexibility index (Phi) is 8.22. The summed E-state index contributed by atoms with van der Waals surface area (Å²) in [6.45, 7) is 3.87. The molecule has 2 heterocycles. The third-order valence-electron chi connectivity index (χ3n) is 6.45. The summed E-state index contributed by atoms with van der Waals surface area (Å²) in [5.41, 5.74) is 8.94. The van der Waals surface area contributed by atoms with Crippen LogP contribution in [0.4, 0.5) is 10.1 Å². The van der Waals surface area contributed by atoms with E-state index in [-0.39, 0.29) is 11.3 Å². The Balaban J connectivity index is 1.26. The number of anilines is 1. The van der Waals surface area contributed by atoms with Gasteiger partial charge in [0.15, 0.2) is 11.5 Å². The van der Waals surface area contributed by atoms with E-state index in [2.05, 4.69) is 21.9 Å². The summed E-state index contributed by atoms with van der Waals surface area (Å²) in [7, 11) is 3.35. The Morgan fingerprint density at radius 3 is 2.42 bits per heavy atom. The number of methoxy groups -OCH3 is 2. The lowest BCUT2D eigenvalue weighted by molar-refractivity contribution is 0.198. The number of hydrogen-bond donors (Lipinski definition) is 1. The molecule has 2 aliphatic rings. The molecule has 1 saturated heterocycles. The molecule has 1 atom stereocenters. The summed E-state index contributed by atoms with van der Waals surface area (Å²) in [5, 5.41) is 0. The highest BCUT2D eigenvalue weighted by Crippen LogP contribution is 2.43. The number of rotatable bonds is 9. The van der Waals surface area contributed by atoms with Crippen molar-refractivity contribution in [2.75, 3.05) is 45.4 Å². The summed E-state index contributed by atoms with van der Waals surface area (Å²) < 4.78 is 29.7. The van der Waals surface area contributed by atoms with Crippen molar-refractivity contribution in [1.82, 2.24) is 4.90 Å². The van der Waals surface area contributed by atoms with Crippen LogP contribution in [0.15, 0.2) is 36.4 Å². The molecule has 2 aromatic carbocycles. The van der Waals surface area contributed by atoms with E-state index in [0.717, 1.165) is 68.3 Å². The van der Waals surface area contributed by atoms with Gasteiger partial charge in [-0.05, 0) is 68.1 Å². The van der Waals surface area contributed by atoms with E-state index in [1.54, 1.807) is 38.1 Å². The normalized spacial score (nSPS) is 19.3. The van der Waals surface area contributed by atoms with E-state index >= 15 is 0 Å². The van der Waals surface area contributed by atoms with Gasteiger partial charge in [-0.25, -0.2) is 4.39 Å². The molecule has 33 heavy (non-hydrogen) atoms. The first-order valence-electron chi connectivity index (χ1n) is 11.6. The minimum atomic E-state index is -0.239. The van der Waals surface area contributed by atoms with Crippen molar-refractivity contribution in [3.63, 3.8) is 0 Å². The molecule has 180 valence electrons. The van der Waals surface area contributed by atoms with Gasteiger partial charge in [0, 0.05) is 36.6 Å². The van der Waals surface area contributed by atoms with Crippen molar-refractivity contribution in [3.05, 3.63) is 47.8 Å². The first-order valence-corrected chi connectivity index (χ1v) is 12.6. The molecule has 0 saturated carbocycles. The van der Waals surface area contributed by atoms with Gasteiger partial charge in [0.2, 0.25) is 0 Å². The average Bonchev–Trinajstić information content (AvgIpc) is 2.84. The van der Waals surface area contributed by atoms with E-state index < -0.39 is 0 Å². The Morgan fingerprint density at radius 1 is 1.03 bits per heavy atom. The molecule has 4 rings (SSSR count). The van der Waals surface area contributed by atoms with Crippen LogP contribution in [0.25, 0.3) is 0 Å². The van der Waals surface area contributed by atoms with Crippen LogP contribution in [0, 0.1) is 5.82 Å². The molecule has 6 nitrogen and oxygen atoms in total. The fourth-order valence-electron chi connectivity index (χ4n) is 4.64. The van der Waals surface area contributed by atoms with Crippen molar-refractivity contribution in [1.29, 1.82) is 0 Å². The second kappa shape index (κ2) is 11.3. The highest BCUT2D eigenvalue weighted by molar-refractivity contribution is 7.99. The lowest BCUT2D eigenvalue weighted by atomic mass is 10.0. The number of nitrogens with two attached hydrogens (primary N) is 1. The minimum absolute atomic E-state index is 0.0456. The number of nitrogens with zero attached hydrogens (tertiary/aromatic N) is 2. The topological polar surface area (TPSA) is 60.2 Å². The van der Waals surface area contributed by atoms with E-state index in [1.165, 1.54) is 23.4 Å². The monoisotopic (exact) mass is 475 g/mol. The smallest absolute Gasteiger partial charge is 0.162 e. The third kappa shape index (κ3) is 5.86. The molecule has 1 unspecified atom stereocenters. The lowest BCUT2D eigenvalue weighted by Gasteiger charge is -2.45. The van der Waals surface area contributed by atoms with Crippen molar-refractivity contribution in [2.45, 2.75) is 43.0 Å². The van der Waals surface area contributed by atoms with Crippen molar-refractivity contribution >= 4 is 17.4 Å². The third-order valence-corrected chi connectivity index (χ3v) is 7.49. The lowest BCUT2D eigenvalue weighted by Crippen LogP contribution is -2.52. The second-order valence-electron chi connectivity index (χ2n) is 8.53. The zero-order chi connectivity index (χ0) is 23.2. The molecule has 2 aliphatic heterocycles.